The zero-order valence-corrected chi connectivity index (χ0v) is 8.55. The molecule has 0 amide bonds. The van der Waals surface area contributed by atoms with Gasteiger partial charge in [-0.2, -0.15) is 0 Å². The summed E-state index contributed by atoms with van der Waals surface area (Å²) in [6, 6.07) is 0. The lowest BCUT2D eigenvalue weighted by Gasteiger charge is -2.25. The number of nitrogens with one attached hydrogen (secondary N) is 1. The SMILES string of the molecule is CCN(CCOC)C(=N)C(C)C. The largest absolute Gasteiger partial charge is 0.383 e. The second-order valence-corrected chi connectivity index (χ2v) is 3.11. The van der Waals surface area contributed by atoms with Gasteiger partial charge in [-0.25, -0.2) is 0 Å². The average molecular weight is 172 g/mol. The fourth-order valence-corrected chi connectivity index (χ4v) is 1.02. The van der Waals surface area contributed by atoms with Crippen molar-refractivity contribution in [2.75, 3.05) is 26.8 Å². The van der Waals surface area contributed by atoms with Crippen LogP contribution < -0.4 is 0 Å². The summed E-state index contributed by atoms with van der Waals surface area (Å²) in [5.74, 6) is 1.01. The molecule has 0 aliphatic rings. The Balaban J connectivity index is 3.88. The number of nitrogens with zero attached hydrogens (tertiary/aromatic N) is 1. The van der Waals surface area contributed by atoms with Gasteiger partial charge in [-0.1, -0.05) is 13.8 Å². The van der Waals surface area contributed by atoms with E-state index in [2.05, 4.69) is 6.92 Å². The van der Waals surface area contributed by atoms with E-state index in [0.29, 0.717) is 18.4 Å². The quantitative estimate of drug-likeness (QED) is 0.505. The van der Waals surface area contributed by atoms with Crippen LogP contribution in [0.4, 0.5) is 0 Å². The third kappa shape index (κ3) is 3.72. The molecule has 0 saturated carbocycles. The van der Waals surface area contributed by atoms with Gasteiger partial charge in [0.05, 0.1) is 12.4 Å². The highest BCUT2D eigenvalue weighted by Crippen LogP contribution is 2.00. The molecule has 0 saturated heterocycles. The summed E-state index contributed by atoms with van der Waals surface area (Å²) >= 11 is 0. The van der Waals surface area contributed by atoms with E-state index in [0.717, 1.165) is 13.1 Å². The fraction of sp³-hybridized carbons (Fsp3) is 0.889. The molecule has 0 rings (SSSR count). The summed E-state index contributed by atoms with van der Waals surface area (Å²) in [7, 11) is 1.69. The predicted octanol–water partition coefficient (Wildman–Crippen LogP) is 1.59. The van der Waals surface area contributed by atoms with Gasteiger partial charge in [-0.15, -0.1) is 0 Å². The van der Waals surface area contributed by atoms with Crippen LogP contribution >= 0.6 is 0 Å². The topological polar surface area (TPSA) is 36.3 Å². The van der Waals surface area contributed by atoms with E-state index < -0.39 is 0 Å². The lowest BCUT2D eigenvalue weighted by molar-refractivity contribution is 0.176. The minimum absolute atomic E-state index is 0.307. The predicted molar refractivity (Wildman–Crippen MR) is 51.7 cm³/mol. The number of ether oxygens (including phenoxy) is 1. The average Bonchev–Trinajstić information content (AvgIpc) is 2.05. The lowest BCUT2D eigenvalue weighted by atomic mass is 10.2. The molecule has 0 fully saturated rings. The van der Waals surface area contributed by atoms with Crippen LogP contribution in [-0.4, -0.2) is 37.5 Å². The minimum atomic E-state index is 0.307. The van der Waals surface area contributed by atoms with Crippen molar-refractivity contribution in [3.63, 3.8) is 0 Å². The molecule has 0 atom stereocenters. The van der Waals surface area contributed by atoms with Crippen LogP contribution in [0.1, 0.15) is 20.8 Å². The first-order valence-corrected chi connectivity index (χ1v) is 4.45. The first kappa shape index (κ1) is 11.4. The van der Waals surface area contributed by atoms with Crippen LogP contribution in [-0.2, 0) is 4.74 Å². The molecule has 0 aromatic rings. The monoisotopic (exact) mass is 172 g/mol. The summed E-state index contributed by atoms with van der Waals surface area (Å²) in [6.07, 6.45) is 0. The molecule has 72 valence electrons. The van der Waals surface area contributed by atoms with Crippen molar-refractivity contribution in [1.29, 1.82) is 5.41 Å². The standard InChI is InChI=1S/C9H20N2O/c1-5-11(6-7-12-4)9(10)8(2)3/h8,10H,5-7H2,1-4H3. The molecule has 0 spiro atoms. The van der Waals surface area contributed by atoms with Gasteiger partial charge >= 0.3 is 0 Å². The van der Waals surface area contributed by atoms with Crippen molar-refractivity contribution < 1.29 is 4.74 Å². The van der Waals surface area contributed by atoms with Gasteiger partial charge in [0.15, 0.2) is 0 Å². The Morgan fingerprint density at radius 3 is 2.42 bits per heavy atom. The molecule has 1 N–H and O–H groups in total. The third-order valence-electron chi connectivity index (χ3n) is 1.83. The van der Waals surface area contributed by atoms with Crippen LogP contribution in [0.25, 0.3) is 0 Å². The molecule has 0 radical (unpaired) electrons. The molecule has 0 aromatic heterocycles. The molecule has 0 heterocycles. The van der Waals surface area contributed by atoms with Crippen LogP contribution in [0.5, 0.6) is 0 Å². The van der Waals surface area contributed by atoms with Gasteiger partial charge < -0.3 is 9.64 Å². The van der Waals surface area contributed by atoms with E-state index in [1.165, 1.54) is 0 Å². The molecule has 0 aliphatic carbocycles. The van der Waals surface area contributed by atoms with E-state index in [4.69, 9.17) is 10.1 Å². The summed E-state index contributed by atoms with van der Waals surface area (Å²) in [5, 5.41) is 7.75. The molecule has 0 bridgehead atoms. The van der Waals surface area contributed by atoms with Gasteiger partial charge in [-0.3, -0.25) is 5.41 Å². The Kier molecular flexibility index (Phi) is 5.72. The first-order chi connectivity index (χ1) is 5.63. The number of hydrogen-bond acceptors (Lipinski definition) is 2. The summed E-state index contributed by atoms with van der Waals surface area (Å²) < 4.78 is 4.97. The van der Waals surface area contributed by atoms with E-state index in [1.807, 2.05) is 18.7 Å². The van der Waals surface area contributed by atoms with Crippen LogP contribution in [0, 0.1) is 11.3 Å². The molecule has 12 heavy (non-hydrogen) atoms. The van der Waals surface area contributed by atoms with Crippen LogP contribution in [0.15, 0.2) is 0 Å². The Labute approximate surface area is 75.2 Å². The summed E-state index contributed by atoms with van der Waals surface area (Å²) in [5.41, 5.74) is 0. The first-order valence-electron chi connectivity index (χ1n) is 4.45. The highest BCUT2D eigenvalue weighted by atomic mass is 16.5. The zero-order valence-electron chi connectivity index (χ0n) is 8.55. The maximum absolute atomic E-state index is 7.75. The van der Waals surface area contributed by atoms with Gasteiger partial charge in [0, 0.05) is 26.1 Å². The lowest BCUT2D eigenvalue weighted by Crippen LogP contribution is -2.35. The van der Waals surface area contributed by atoms with Crippen molar-refractivity contribution in [2.24, 2.45) is 5.92 Å². The summed E-state index contributed by atoms with van der Waals surface area (Å²) in [6.45, 7) is 8.55. The van der Waals surface area contributed by atoms with E-state index >= 15 is 0 Å². The number of rotatable bonds is 5. The number of hydrogen-bond donors (Lipinski definition) is 1. The van der Waals surface area contributed by atoms with Gasteiger partial charge in [0.1, 0.15) is 0 Å². The fourth-order valence-electron chi connectivity index (χ4n) is 1.02. The summed E-state index contributed by atoms with van der Waals surface area (Å²) in [4.78, 5) is 2.04. The third-order valence-corrected chi connectivity index (χ3v) is 1.83. The molecular weight excluding hydrogens is 152 g/mol. The second-order valence-electron chi connectivity index (χ2n) is 3.11. The van der Waals surface area contributed by atoms with Crippen molar-refractivity contribution in [3.8, 4) is 0 Å². The van der Waals surface area contributed by atoms with Crippen molar-refractivity contribution in [3.05, 3.63) is 0 Å². The normalized spacial score (nSPS) is 10.4. The molecule has 3 nitrogen and oxygen atoms in total. The smallest absolute Gasteiger partial charge is 0.0984 e. The van der Waals surface area contributed by atoms with Gasteiger partial charge in [0.2, 0.25) is 0 Å². The van der Waals surface area contributed by atoms with E-state index in [-0.39, 0.29) is 0 Å². The molecule has 0 unspecified atom stereocenters. The van der Waals surface area contributed by atoms with Crippen molar-refractivity contribution >= 4 is 5.84 Å². The van der Waals surface area contributed by atoms with E-state index in [9.17, 15) is 0 Å². The molecule has 0 aliphatic heterocycles. The number of methoxy groups -OCH3 is 1. The van der Waals surface area contributed by atoms with Gasteiger partial charge in [-0.05, 0) is 6.92 Å². The minimum Gasteiger partial charge on any atom is -0.383 e. The van der Waals surface area contributed by atoms with Gasteiger partial charge in [0.25, 0.3) is 0 Å². The van der Waals surface area contributed by atoms with Crippen LogP contribution in [0.3, 0.4) is 0 Å². The highest BCUT2D eigenvalue weighted by Gasteiger charge is 2.09. The van der Waals surface area contributed by atoms with Crippen LogP contribution in [0.2, 0.25) is 0 Å². The Morgan fingerprint density at radius 1 is 1.50 bits per heavy atom. The van der Waals surface area contributed by atoms with Crippen molar-refractivity contribution in [2.45, 2.75) is 20.8 Å². The van der Waals surface area contributed by atoms with Crippen molar-refractivity contribution in [1.82, 2.24) is 4.90 Å². The van der Waals surface area contributed by atoms with E-state index in [1.54, 1.807) is 7.11 Å². The maximum atomic E-state index is 7.75. The molecule has 3 heteroatoms. The maximum Gasteiger partial charge on any atom is 0.0984 e. The Bertz CT molecular complexity index is 134. The Hall–Kier alpha value is -0.570. The molecular formula is C9H20N2O. The Morgan fingerprint density at radius 2 is 2.08 bits per heavy atom. The zero-order chi connectivity index (χ0) is 9.56. The number of amidine groups is 1. The highest BCUT2D eigenvalue weighted by molar-refractivity contribution is 5.80. The molecule has 0 aromatic carbocycles. The number of likely N-dealkylation sites (N-methyl/N-ethyl adjacent to an activating group) is 1. The second kappa shape index (κ2) is 6.00.